The van der Waals surface area contributed by atoms with Crippen LogP contribution in [0.25, 0.3) is 38.9 Å². The minimum absolute atomic E-state index is 0.0491. The molecule has 0 amide bonds. The first-order chi connectivity index (χ1) is 17.1. The Morgan fingerprint density at radius 1 is 1.00 bits per heavy atom. The van der Waals surface area contributed by atoms with E-state index in [0.717, 1.165) is 44.5 Å². The molecule has 2 N–H and O–H groups in total. The summed E-state index contributed by atoms with van der Waals surface area (Å²) in [5.74, 6) is 1.26. The first-order valence-electron chi connectivity index (χ1n) is 11.0. The molecule has 6 rings (SSSR count). The summed E-state index contributed by atoms with van der Waals surface area (Å²) in [5, 5.41) is 21.4. The third-order valence-electron chi connectivity index (χ3n) is 5.89. The molecule has 3 heterocycles. The lowest BCUT2D eigenvalue weighted by Gasteiger charge is -2.11. The lowest BCUT2D eigenvalue weighted by molar-refractivity contribution is 0.473. The molecule has 3 aromatic carbocycles. The van der Waals surface area contributed by atoms with Gasteiger partial charge in [-0.25, -0.2) is 4.79 Å². The van der Waals surface area contributed by atoms with Crippen LogP contribution in [-0.2, 0) is 5.75 Å². The van der Waals surface area contributed by atoms with Crippen LogP contribution in [0, 0.1) is 6.92 Å². The van der Waals surface area contributed by atoms with Gasteiger partial charge in [0.1, 0.15) is 11.3 Å². The van der Waals surface area contributed by atoms with Gasteiger partial charge >= 0.3 is 5.63 Å². The van der Waals surface area contributed by atoms with Crippen LogP contribution in [0.15, 0.2) is 93.4 Å². The second-order valence-electron chi connectivity index (χ2n) is 8.29. The molecular weight excluding hydrogens is 460 g/mol. The SMILES string of the molecule is Cc1cccc(-n2c(SCc3cc(=O)oc4cc(O)ccc34)nnc2-c2c[nH]c3ccccc23)c1. The summed E-state index contributed by atoms with van der Waals surface area (Å²) < 4.78 is 7.32. The number of hydrogen-bond acceptors (Lipinski definition) is 6. The average Bonchev–Trinajstić information content (AvgIpc) is 3.46. The first-order valence-corrected chi connectivity index (χ1v) is 12.0. The molecule has 172 valence electrons. The highest BCUT2D eigenvalue weighted by atomic mass is 32.2. The number of thioether (sulfide) groups is 1. The second kappa shape index (κ2) is 8.48. The van der Waals surface area contributed by atoms with Gasteiger partial charge in [0.25, 0.3) is 0 Å². The van der Waals surface area contributed by atoms with E-state index in [-0.39, 0.29) is 5.75 Å². The van der Waals surface area contributed by atoms with Crippen LogP contribution >= 0.6 is 11.8 Å². The summed E-state index contributed by atoms with van der Waals surface area (Å²) in [6, 6.07) is 22.6. The Morgan fingerprint density at radius 3 is 2.77 bits per heavy atom. The van der Waals surface area contributed by atoms with E-state index in [1.165, 1.54) is 23.9 Å². The monoisotopic (exact) mass is 480 g/mol. The molecule has 0 saturated heterocycles. The normalized spacial score (nSPS) is 11.5. The van der Waals surface area contributed by atoms with Crippen molar-refractivity contribution in [3.8, 4) is 22.8 Å². The van der Waals surface area contributed by atoms with Gasteiger partial charge in [-0.05, 0) is 48.4 Å². The number of aryl methyl sites for hydroxylation is 1. The van der Waals surface area contributed by atoms with Gasteiger partial charge in [-0.2, -0.15) is 0 Å². The Hall–Kier alpha value is -4.30. The summed E-state index contributed by atoms with van der Waals surface area (Å²) in [5.41, 5.74) is 4.77. The predicted octanol–water partition coefficient (Wildman–Crippen LogP) is 5.83. The maximum absolute atomic E-state index is 12.1. The van der Waals surface area contributed by atoms with E-state index < -0.39 is 5.63 Å². The van der Waals surface area contributed by atoms with Gasteiger partial charge in [0.15, 0.2) is 11.0 Å². The Kier molecular flexibility index (Phi) is 5.15. The highest BCUT2D eigenvalue weighted by Crippen LogP contribution is 2.34. The molecule has 3 aromatic heterocycles. The highest BCUT2D eigenvalue weighted by molar-refractivity contribution is 7.98. The first kappa shape index (κ1) is 21.2. The van der Waals surface area contributed by atoms with Crippen molar-refractivity contribution in [3.05, 3.63) is 101 Å². The summed E-state index contributed by atoms with van der Waals surface area (Å²) in [6.45, 7) is 2.05. The van der Waals surface area contributed by atoms with Gasteiger partial charge in [-0.1, -0.05) is 42.1 Å². The van der Waals surface area contributed by atoms with Crippen LogP contribution in [0.2, 0.25) is 0 Å². The fourth-order valence-corrected chi connectivity index (χ4v) is 5.22. The third kappa shape index (κ3) is 3.87. The minimum Gasteiger partial charge on any atom is -0.508 e. The van der Waals surface area contributed by atoms with E-state index >= 15 is 0 Å². The van der Waals surface area contributed by atoms with Gasteiger partial charge in [-0.3, -0.25) is 4.57 Å². The van der Waals surface area contributed by atoms with Gasteiger partial charge in [0, 0.05) is 51.6 Å². The van der Waals surface area contributed by atoms with E-state index in [9.17, 15) is 9.90 Å². The van der Waals surface area contributed by atoms with Crippen LogP contribution in [0.3, 0.4) is 0 Å². The molecule has 0 saturated carbocycles. The molecule has 0 fully saturated rings. The number of rotatable bonds is 5. The molecule has 0 aliphatic heterocycles. The van der Waals surface area contributed by atoms with Crippen molar-refractivity contribution in [2.75, 3.05) is 0 Å². The number of aromatic nitrogens is 4. The molecular formula is C27H20N4O3S. The van der Waals surface area contributed by atoms with E-state index in [2.05, 4.69) is 40.3 Å². The summed E-state index contributed by atoms with van der Waals surface area (Å²) >= 11 is 1.49. The lowest BCUT2D eigenvalue weighted by atomic mass is 10.1. The molecule has 0 aliphatic rings. The molecule has 0 bridgehead atoms. The Labute approximate surface area is 204 Å². The smallest absolute Gasteiger partial charge is 0.336 e. The zero-order valence-corrected chi connectivity index (χ0v) is 19.5. The predicted molar refractivity (Wildman–Crippen MR) is 137 cm³/mol. The number of H-pyrrole nitrogens is 1. The van der Waals surface area contributed by atoms with Crippen LogP contribution in [0.4, 0.5) is 0 Å². The number of fused-ring (bicyclic) bond motifs is 2. The summed E-state index contributed by atoms with van der Waals surface area (Å²) in [7, 11) is 0. The fraction of sp³-hybridized carbons (Fsp3) is 0.0741. The molecule has 0 atom stereocenters. The minimum atomic E-state index is -0.460. The van der Waals surface area contributed by atoms with E-state index in [1.54, 1.807) is 12.1 Å². The molecule has 0 spiro atoms. The van der Waals surface area contributed by atoms with Crippen molar-refractivity contribution in [1.82, 2.24) is 19.7 Å². The maximum atomic E-state index is 12.1. The lowest BCUT2D eigenvalue weighted by Crippen LogP contribution is -2.02. The fourth-order valence-electron chi connectivity index (χ4n) is 4.27. The zero-order valence-electron chi connectivity index (χ0n) is 18.7. The number of aromatic amines is 1. The number of hydrogen-bond donors (Lipinski definition) is 2. The largest absolute Gasteiger partial charge is 0.508 e. The van der Waals surface area contributed by atoms with E-state index in [0.29, 0.717) is 16.5 Å². The van der Waals surface area contributed by atoms with Crippen LogP contribution < -0.4 is 5.63 Å². The number of nitrogens with one attached hydrogen (secondary N) is 1. The van der Waals surface area contributed by atoms with Crippen molar-refractivity contribution in [2.45, 2.75) is 17.8 Å². The van der Waals surface area contributed by atoms with Crippen molar-refractivity contribution in [2.24, 2.45) is 0 Å². The Morgan fingerprint density at radius 2 is 1.89 bits per heavy atom. The summed E-state index contributed by atoms with van der Waals surface area (Å²) in [6.07, 6.45) is 1.96. The number of phenols is 1. The zero-order chi connectivity index (χ0) is 23.9. The molecule has 7 nitrogen and oxygen atoms in total. The summed E-state index contributed by atoms with van der Waals surface area (Å²) in [4.78, 5) is 15.5. The molecule has 6 aromatic rings. The van der Waals surface area contributed by atoms with Crippen molar-refractivity contribution in [3.63, 3.8) is 0 Å². The molecule has 0 aliphatic carbocycles. The number of nitrogens with zero attached hydrogens (tertiary/aromatic N) is 3. The van der Waals surface area contributed by atoms with Crippen LogP contribution in [-0.4, -0.2) is 24.9 Å². The van der Waals surface area contributed by atoms with Crippen molar-refractivity contribution >= 4 is 33.6 Å². The standard InChI is InChI=1S/C27H20N4O3S/c1-16-5-4-6-18(11-16)31-26(22-14-28-23-8-3-2-7-21(22)23)29-30-27(31)35-15-17-12-25(33)34-24-13-19(32)9-10-20(17)24/h2-14,28,32H,15H2,1H3. The molecule has 0 unspecified atom stereocenters. The highest BCUT2D eigenvalue weighted by Gasteiger charge is 2.19. The number of aromatic hydroxyl groups is 1. The van der Waals surface area contributed by atoms with Gasteiger partial charge < -0.3 is 14.5 Å². The van der Waals surface area contributed by atoms with Gasteiger partial charge in [0.2, 0.25) is 0 Å². The average molecular weight is 481 g/mol. The topological polar surface area (TPSA) is 96.9 Å². The van der Waals surface area contributed by atoms with Crippen molar-refractivity contribution < 1.29 is 9.52 Å². The molecule has 35 heavy (non-hydrogen) atoms. The van der Waals surface area contributed by atoms with Gasteiger partial charge in [-0.15, -0.1) is 10.2 Å². The van der Waals surface area contributed by atoms with Gasteiger partial charge in [0.05, 0.1) is 0 Å². The van der Waals surface area contributed by atoms with Crippen LogP contribution in [0.5, 0.6) is 5.75 Å². The second-order valence-corrected chi connectivity index (χ2v) is 9.23. The van der Waals surface area contributed by atoms with E-state index in [1.807, 2.05) is 41.1 Å². The number of phenolic OH excluding ortho intramolecular Hbond substituents is 1. The molecule has 8 heteroatoms. The Balaban J connectivity index is 1.46. The van der Waals surface area contributed by atoms with Crippen LogP contribution in [0.1, 0.15) is 11.1 Å². The van der Waals surface area contributed by atoms with Crippen molar-refractivity contribution in [1.29, 1.82) is 0 Å². The van der Waals surface area contributed by atoms with E-state index in [4.69, 9.17) is 4.42 Å². The Bertz CT molecular complexity index is 1770. The quantitative estimate of drug-likeness (QED) is 0.238. The number of benzene rings is 3. The third-order valence-corrected chi connectivity index (χ3v) is 6.87. The number of para-hydroxylation sites is 1. The molecule has 0 radical (unpaired) electrons. The maximum Gasteiger partial charge on any atom is 0.336 e.